The summed E-state index contributed by atoms with van der Waals surface area (Å²) in [7, 11) is 0. The zero-order chi connectivity index (χ0) is 35.0. The molecule has 4 heterocycles. The lowest BCUT2D eigenvalue weighted by atomic mass is 9.86. The summed E-state index contributed by atoms with van der Waals surface area (Å²) in [5.41, 5.74) is 2.09. The number of carbonyl (C=O) groups excluding carboxylic acids is 1. The Balaban J connectivity index is 1.02. The van der Waals surface area contributed by atoms with Crippen molar-refractivity contribution in [3.8, 4) is 11.5 Å². The number of H-pyrrole nitrogens is 1. The lowest BCUT2D eigenvalue weighted by Crippen LogP contribution is -2.52. The molecule has 264 valence electrons. The lowest BCUT2D eigenvalue weighted by Gasteiger charge is -2.43. The van der Waals surface area contributed by atoms with E-state index in [1.54, 1.807) is 30.3 Å². The van der Waals surface area contributed by atoms with Crippen LogP contribution in [0.15, 0.2) is 83.7 Å². The number of aliphatic carboxylic acids is 1. The van der Waals surface area contributed by atoms with Crippen molar-refractivity contribution in [2.75, 3.05) is 32.7 Å². The standard InChI is InChI=1S/C38H44N4O8/c43-30-14-12-28(29-13-15-34(45)40-36(29)30)31(44)22-39-18-5-4-11-32(37(46)47)49-27-10-6-9-26(21-27)35(25-7-2-1-3-8-25)41-38(48)50-33-23-42-19-16-24(33)17-20-42/h1-3,6-10,12-15,21,24,31-33,35,39,43-44H,4-5,11,16-20,22-23H2,(H,40,45)(H,41,48)(H,46,47)/t31-,32?,33-,35?/m0/s1. The van der Waals surface area contributed by atoms with E-state index in [0.717, 1.165) is 43.6 Å². The summed E-state index contributed by atoms with van der Waals surface area (Å²) in [5, 5.41) is 37.6. The Morgan fingerprint density at radius 2 is 1.74 bits per heavy atom. The molecule has 2 bridgehead atoms. The number of aromatic hydroxyl groups is 1. The van der Waals surface area contributed by atoms with E-state index in [1.165, 1.54) is 12.1 Å². The summed E-state index contributed by atoms with van der Waals surface area (Å²) in [6.45, 7) is 3.62. The second-order valence-corrected chi connectivity index (χ2v) is 13.1. The van der Waals surface area contributed by atoms with Crippen molar-refractivity contribution in [3.05, 3.63) is 106 Å². The first-order valence-electron chi connectivity index (χ1n) is 17.2. The van der Waals surface area contributed by atoms with Gasteiger partial charge in [0.25, 0.3) is 0 Å². The van der Waals surface area contributed by atoms with Gasteiger partial charge in [0, 0.05) is 24.5 Å². The number of aliphatic hydroxyl groups is 1. The second-order valence-electron chi connectivity index (χ2n) is 13.1. The predicted octanol–water partition coefficient (Wildman–Crippen LogP) is 4.47. The minimum absolute atomic E-state index is 0.0733. The molecule has 50 heavy (non-hydrogen) atoms. The molecule has 4 aromatic rings. The summed E-state index contributed by atoms with van der Waals surface area (Å²) < 4.78 is 11.9. The Bertz CT molecular complexity index is 1820. The molecule has 7 rings (SSSR count). The number of ether oxygens (including phenoxy) is 2. The van der Waals surface area contributed by atoms with Crippen LogP contribution < -0.4 is 20.9 Å². The number of nitrogens with zero attached hydrogens (tertiary/aromatic N) is 1. The number of carboxylic acids is 1. The summed E-state index contributed by atoms with van der Waals surface area (Å²) in [4.78, 5) is 41.9. The van der Waals surface area contributed by atoms with Gasteiger partial charge in [-0.1, -0.05) is 48.5 Å². The Morgan fingerprint density at radius 3 is 2.48 bits per heavy atom. The number of benzene rings is 3. The molecule has 1 amide bonds. The molecule has 3 aliphatic heterocycles. The van der Waals surface area contributed by atoms with Crippen LogP contribution in [0.4, 0.5) is 4.79 Å². The monoisotopic (exact) mass is 684 g/mol. The van der Waals surface area contributed by atoms with Gasteiger partial charge in [0.2, 0.25) is 5.56 Å². The highest BCUT2D eigenvalue weighted by Gasteiger charge is 2.37. The molecule has 3 aromatic carbocycles. The number of aromatic nitrogens is 1. The first-order chi connectivity index (χ1) is 24.2. The van der Waals surface area contributed by atoms with Gasteiger partial charge < -0.3 is 40.4 Å². The highest BCUT2D eigenvalue weighted by molar-refractivity contribution is 5.87. The fraction of sp³-hybridized carbons (Fsp3) is 0.395. The number of rotatable bonds is 15. The van der Waals surface area contributed by atoms with Crippen LogP contribution in [0.1, 0.15) is 60.9 Å². The van der Waals surface area contributed by atoms with Crippen molar-refractivity contribution in [2.24, 2.45) is 5.92 Å². The topological polar surface area (TPSA) is 173 Å². The van der Waals surface area contributed by atoms with Crippen LogP contribution in [-0.2, 0) is 9.53 Å². The molecule has 0 spiro atoms. The number of nitrogens with one attached hydrogen (secondary N) is 3. The number of fused-ring (bicyclic) bond motifs is 4. The fourth-order valence-corrected chi connectivity index (χ4v) is 6.98. The molecule has 1 aromatic heterocycles. The van der Waals surface area contributed by atoms with E-state index in [4.69, 9.17) is 9.47 Å². The number of hydrogen-bond donors (Lipinski definition) is 6. The number of amides is 1. The number of unbranched alkanes of at least 4 members (excludes halogenated alkanes) is 1. The number of carbonyl (C=O) groups is 2. The number of pyridine rings is 1. The van der Waals surface area contributed by atoms with Gasteiger partial charge in [0.05, 0.1) is 17.7 Å². The van der Waals surface area contributed by atoms with E-state index in [-0.39, 0.29) is 35.9 Å². The van der Waals surface area contributed by atoms with Gasteiger partial charge in [-0.25, -0.2) is 9.59 Å². The molecule has 0 saturated carbocycles. The normalized spacial score (nSPS) is 20.1. The first kappa shape index (κ1) is 34.9. The molecule has 6 N–H and O–H groups in total. The van der Waals surface area contributed by atoms with Gasteiger partial charge >= 0.3 is 12.1 Å². The number of carboxylic acid groups (broad SMARTS) is 1. The molecule has 4 atom stereocenters. The number of aromatic amines is 1. The Kier molecular flexibility index (Phi) is 11.3. The van der Waals surface area contributed by atoms with Crippen LogP contribution in [0, 0.1) is 5.92 Å². The maximum absolute atomic E-state index is 13.2. The zero-order valence-corrected chi connectivity index (χ0v) is 27.8. The summed E-state index contributed by atoms with van der Waals surface area (Å²) in [6.07, 6.45) is 0.962. The number of aliphatic hydroxyl groups excluding tert-OH is 1. The Morgan fingerprint density at radius 1 is 0.960 bits per heavy atom. The molecule has 0 radical (unpaired) electrons. The Labute approximate surface area is 290 Å². The molecule has 0 aliphatic carbocycles. The van der Waals surface area contributed by atoms with E-state index < -0.39 is 30.3 Å². The number of phenolic OH excluding ortho intramolecular Hbond substituents is 1. The Hall–Kier alpha value is -4.91. The van der Waals surface area contributed by atoms with Crippen LogP contribution in [0.5, 0.6) is 11.5 Å². The third kappa shape index (κ3) is 8.62. The molecule has 3 fully saturated rings. The second kappa shape index (κ2) is 16.2. The summed E-state index contributed by atoms with van der Waals surface area (Å²) >= 11 is 0. The fourth-order valence-electron chi connectivity index (χ4n) is 6.98. The van der Waals surface area contributed by atoms with E-state index >= 15 is 0 Å². The SMILES string of the molecule is O=C(NC(c1ccccc1)c1cccc(OC(CCCCNC[C@H](O)c2ccc(O)c3[nH]c(=O)ccc23)C(=O)O)c1)O[C@H]1CN2CCC1CC2. The number of hydrogen-bond acceptors (Lipinski definition) is 9. The van der Waals surface area contributed by atoms with Crippen molar-refractivity contribution in [1.29, 1.82) is 0 Å². The first-order valence-corrected chi connectivity index (χ1v) is 17.2. The zero-order valence-electron chi connectivity index (χ0n) is 27.8. The average Bonchev–Trinajstić information content (AvgIpc) is 3.12. The van der Waals surface area contributed by atoms with Gasteiger partial charge in [-0.05, 0) is 98.6 Å². The van der Waals surface area contributed by atoms with Gasteiger partial charge in [0.1, 0.15) is 17.6 Å². The minimum atomic E-state index is -1.08. The van der Waals surface area contributed by atoms with Crippen molar-refractivity contribution < 1.29 is 34.4 Å². The van der Waals surface area contributed by atoms with Crippen LogP contribution in [0.25, 0.3) is 10.9 Å². The third-order valence-electron chi connectivity index (χ3n) is 9.67. The van der Waals surface area contributed by atoms with Gasteiger partial charge in [-0.15, -0.1) is 0 Å². The molecular formula is C38H44N4O8. The summed E-state index contributed by atoms with van der Waals surface area (Å²) in [6, 6.07) is 22.1. The van der Waals surface area contributed by atoms with E-state index in [0.29, 0.717) is 42.0 Å². The third-order valence-corrected chi connectivity index (χ3v) is 9.67. The van der Waals surface area contributed by atoms with Crippen LogP contribution in [0.2, 0.25) is 0 Å². The van der Waals surface area contributed by atoms with Gasteiger partial charge in [-0.2, -0.15) is 0 Å². The molecule has 12 nitrogen and oxygen atoms in total. The smallest absolute Gasteiger partial charge is 0.408 e. The lowest BCUT2D eigenvalue weighted by molar-refractivity contribution is -0.145. The van der Waals surface area contributed by atoms with Crippen molar-refractivity contribution in [2.45, 2.75) is 56.5 Å². The van der Waals surface area contributed by atoms with Crippen LogP contribution in [0.3, 0.4) is 0 Å². The highest BCUT2D eigenvalue weighted by atomic mass is 16.6. The van der Waals surface area contributed by atoms with E-state index in [9.17, 15) is 29.7 Å². The maximum Gasteiger partial charge on any atom is 0.408 e. The molecule has 3 aliphatic rings. The summed E-state index contributed by atoms with van der Waals surface area (Å²) in [5.74, 6) is -0.383. The maximum atomic E-state index is 13.2. The predicted molar refractivity (Wildman–Crippen MR) is 187 cm³/mol. The number of alkyl carbamates (subject to hydrolysis) is 1. The van der Waals surface area contributed by atoms with Crippen LogP contribution >= 0.6 is 0 Å². The van der Waals surface area contributed by atoms with E-state index in [2.05, 4.69) is 20.5 Å². The van der Waals surface area contributed by atoms with Crippen molar-refractivity contribution in [3.63, 3.8) is 0 Å². The largest absolute Gasteiger partial charge is 0.506 e. The highest BCUT2D eigenvalue weighted by Crippen LogP contribution is 2.31. The van der Waals surface area contributed by atoms with Crippen LogP contribution in [-0.4, -0.2) is 82.2 Å². The molecule has 12 heteroatoms. The van der Waals surface area contributed by atoms with Crippen molar-refractivity contribution in [1.82, 2.24) is 20.5 Å². The number of piperidine rings is 3. The van der Waals surface area contributed by atoms with Gasteiger partial charge in [-0.3, -0.25) is 9.69 Å². The average molecular weight is 685 g/mol. The molecule has 2 unspecified atom stereocenters. The number of phenols is 1. The van der Waals surface area contributed by atoms with Crippen molar-refractivity contribution >= 4 is 23.0 Å². The van der Waals surface area contributed by atoms with Gasteiger partial charge in [0.15, 0.2) is 6.10 Å². The molecule has 3 saturated heterocycles. The minimum Gasteiger partial charge on any atom is -0.506 e. The molecular weight excluding hydrogens is 640 g/mol. The van der Waals surface area contributed by atoms with E-state index in [1.807, 2.05) is 36.4 Å². The quantitative estimate of drug-likeness (QED) is 0.0982.